The number of H-pyrrole nitrogens is 1. The number of hydrogen-bond acceptors (Lipinski definition) is 3. The molecule has 1 aromatic heterocycles. The summed E-state index contributed by atoms with van der Waals surface area (Å²) in [6.07, 6.45) is 2.37. The molecule has 2 atom stereocenters. The second kappa shape index (κ2) is 8.36. The summed E-state index contributed by atoms with van der Waals surface area (Å²) >= 11 is 0. The zero-order chi connectivity index (χ0) is 17.1. The number of carbonyl (C=O) groups is 2. The topological polar surface area (TPSA) is 86.0 Å². The van der Waals surface area contributed by atoms with Crippen molar-refractivity contribution in [2.24, 2.45) is 11.8 Å². The van der Waals surface area contributed by atoms with Crippen molar-refractivity contribution in [2.45, 2.75) is 19.4 Å². The summed E-state index contributed by atoms with van der Waals surface area (Å²) in [5.74, 6) is 0.0207. The fourth-order valence-electron chi connectivity index (χ4n) is 3.09. The van der Waals surface area contributed by atoms with Crippen molar-refractivity contribution in [3.05, 3.63) is 36.0 Å². The molecule has 0 bridgehead atoms. The number of amides is 2. The van der Waals surface area contributed by atoms with Crippen molar-refractivity contribution < 1.29 is 9.59 Å². The Hall–Kier alpha value is -2.05. The van der Waals surface area contributed by atoms with Crippen LogP contribution in [0.3, 0.4) is 0 Å². The minimum absolute atomic E-state index is 0. The smallest absolute Gasteiger partial charge is 0.242 e. The molecule has 1 aliphatic heterocycles. The lowest BCUT2D eigenvalue weighted by molar-refractivity contribution is -0.132. The van der Waals surface area contributed by atoms with Crippen LogP contribution in [0.2, 0.25) is 0 Å². The molecule has 7 heteroatoms. The Morgan fingerprint density at radius 3 is 2.60 bits per heavy atom. The molecule has 2 amide bonds. The Kier molecular flexibility index (Phi) is 6.45. The van der Waals surface area contributed by atoms with Crippen molar-refractivity contribution in [2.75, 3.05) is 20.1 Å². The van der Waals surface area contributed by atoms with Gasteiger partial charge in [0.05, 0.1) is 0 Å². The van der Waals surface area contributed by atoms with Gasteiger partial charge in [-0.1, -0.05) is 25.1 Å². The van der Waals surface area contributed by atoms with Gasteiger partial charge in [-0.2, -0.15) is 0 Å². The molecular formula is C18H25ClN4O2. The van der Waals surface area contributed by atoms with E-state index in [9.17, 15) is 9.59 Å². The number of nitrogens with one attached hydrogen (secondary N) is 4. The van der Waals surface area contributed by atoms with Gasteiger partial charge in [-0.15, -0.1) is 12.4 Å². The SMILES string of the molecule is CNC(=O)[C@H](Cc1c[nH]c2ccccc12)NC(=O)C(C)C1CNC1.Cl. The number of para-hydroxylation sites is 1. The number of halogens is 1. The lowest BCUT2D eigenvalue weighted by Crippen LogP contribution is -2.53. The highest BCUT2D eigenvalue weighted by Gasteiger charge is 2.31. The van der Waals surface area contributed by atoms with Crippen LogP contribution in [-0.4, -0.2) is 43.0 Å². The number of benzene rings is 1. The number of hydrogen-bond donors (Lipinski definition) is 4. The van der Waals surface area contributed by atoms with Crippen LogP contribution in [0.25, 0.3) is 10.9 Å². The van der Waals surface area contributed by atoms with Crippen LogP contribution in [0.1, 0.15) is 12.5 Å². The van der Waals surface area contributed by atoms with Crippen molar-refractivity contribution in [3.63, 3.8) is 0 Å². The van der Waals surface area contributed by atoms with E-state index in [1.165, 1.54) is 0 Å². The third kappa shape index (κ3) is 4.14. The van der Waals surface area contributed by atoms with Gasteiger partial charge in [0.1, 0.15) is 6.04 Å². The summed E-state index contributed by atoms with van der Waals surface area (Å²) in [4.78, 5) is 27.9. The molecule has 0 spiro atoms. The van der Waals surface area contributed by atoms with Crippen LogP contribution >= 0.6 is 12.4 Å². The monoisotopic (exact) mass is 364 g/mol. The maximum absolute atomic E-state index is 12.5. The van der Waals surface area contributed by atoms with E-state index in [1.807, 2.05) is 37.4 Å². The molecule has 4 N–H and O–H groups in total. The Morgan fingerprint density at radius 1 is 1.24 bits per heavy atom. The predicted octanol–water partition coefficient (Wildman–Crippen LogP) is 1.22. The molecule has 0 aliphatic carbocycles. The van der Waals surface area contributed by atoms with E-state index in [0.717, 1.165) is 29.6 Å². The maximum atomic E-state index is 12.5. The second-order valence-electron chi connectivity index (χ2n) is 6.45. The fraction of sp³-hybridized carbons (Fsp3) is 0.444. The first-order valence-corrected chi connectivity index (χ1v) is 8.38. The van der Waals surface area contributed by atoms with Crippen LogP contribution in [0.5, 0.6) is 0 Å². The molecule has 25 heavy (non-hydrogen) atoms. The van der Waals surface area contributed by atoms with E-state index in [2.05, 4.69) is 20.9 Å². The van der Waals surface area contributed by atoms with Crippen LogP contribution in [0.4, 0.5) is 0 Å². The van der Waals surface area contributed by atoms with Gasteiger partial charge in [0, 0.05) is 36.5 Å². The molecule has 1 saturated heterocycles. The zero-order valence-electron chi connectivity index (χ0n) is 14.5. The molecule has 0 saturated carbocycles. The highest BCUT2D eigenvalue weighted by atomic mass is 35.5. The quantitative estimate of drug-likeness (QED) is 0.621. The molecular weight excluding hydrogens is 340 g/mol. The van der Waals surface area contributed by atoms with E-state index in [0.29, 0.717) is 12.3 Å². The van der Waals surface area contributed by atoms with Crippen LogP contribution < -0.4 is 16.0 Å². The minimum atomic E-state index is -0.572. The lowest BCUT2D eigenvalue weighted by Gasteiger charge is -2.32. The second-order valence-corrected chi connectivity index (χ2v) is 6.45. The Bertz CT molecular complexity index is 742. The van der Waals surface area contributed by atoms with E-state index in [4.69, 9.17) is 0 Å². The van der Waals surface area contributed by atoms with E-state index in [-0.39, 0.29) is 30.1 Å². The van der Waals surface area contributed by atoms with Crippen molar-refractivity contribution in [3.8, 4) is 0 Å². The zero-order valence-corrected chi connectivity index (χ0v) is 15.3. The Labute approximate surface area is 153 Å². The molecule has 1 unspecified atom stereocenters. The average molecular weight is 365 g/mol. The number of likely N-dealkylation sites (N-methyl/N-ethyl adjacent to an activating group) is 1. The first-order chi connectivity index (χ1) is 11.6. The minimum Gasteiger partial charge on any atom is -0.361 e. The number of rotatable bonds is 6. The van der Waals surface area contributed by atoms with Gasteiger partial charge < -0.3 is 20.9 Å². The fourth-order valence-corrected chi connectivity index (χ4v) is 3.09. The molecule has 136 valence electrons. The van der Waals surface area contributed by atoms with Crippen molar-refractivity contribution in [1.82, 2.24) is 20.9 Å². The Morgan fingerprint density at radius 2 is 1.96 bits per heavy atom. The van der Waals surface area contributed by atoms with E-state index >= 15 is 0 Å². The molecule has 1 fully saturated rings. The van der Waals surface area contributed by atoms with Gasteiger partial charge in [-0.25, -0.2) is 0 Å². The normalized spacial score (nSPS) is 16.4. The lowest BCUT2D eigenvalue weighted by atomic mass is 9.88. The summed E-state index contributed by atoms with van der Waals surface area (Å²) in [5.41, 5.74) is 2.06. The predicted molar refractivity (Wildman–Crippen MR) is 101 cm³/mol. The summed E-state index contributed by atoms with van der Waals surface area (Å²) in [5, 5.41) is 9.84. The van der Waals surface area contributed by atoms with Crippen molar-refractivity contribution >= 4 is 35.1 Å². The molecule has 2 heterocycles. The summed E-state index contributed by atoms with van der Waals surface area (Å²) < 4.78 is 0. The van der Waals surface area contributed by atoms with Gasteiger partial charge in [0.25, 0.3) is 0 Å². The third-order valence-electron chi connectivity index (χ3n) is 4.91. The third-order valence-corrected chi connectivity index (χ3v) is 4.91. The van der Waals surface area contributed by atoms with Crippen LogP contribution in [0, 0.1) is 11.8 Å². The van der Waals surface area contributed by atoms with Gasteiger partial charge in [-0.05, 0) is 30.6 Å². The van der Waals surface area contributed by atoms with E-state index in [1.54, 1.807) is 7.05 Å². The molecule has 1 aromatic carbocycles. The molecule has 0 radical (unpaired) electrons. The molecule has 3 rings (SSSR count). The Balaban J connectivity index is 0.00000225. The molecule has 6 nitrogen and oxygen atoms in total. The number of carbonyl (C=O) groups excluding carboxylic acids is 2. The summed E-state index contributed by atoms with van der Waals surface area (Å²) in [7, 11) is 1.59. The highest BCUT2D eigenvalue weighted by molar-refractivity contribution is 5.90. The number of fused-ring (bicyclic) bond motifs is 1. The average Bonchev–Trinajstić information content (AvgIpc) is 2.95. The van der Waals surface area contributed by atoms with Gasteiger partial charge in [0.2, 0.25) is 11.8 Å². The van der Waals surface area contributed by atoms with Gasteiger partial charge >= 0.3 is 0 Å². The molecule has 2 aromatic rings. The standard InChI is InChI=1S/C18H24N4O2.ClH/c1-11(13-8-20-9-13)17(23)22-16(18(24)19-2)7-12-10-21-15-6-4-3-5-14(12)15;/h3-6,10-11,13,16,20-21H,7-9H2,1-2H3,(H,19,24)(H,22,23);1H/t11?,16-;/m0./s1. The first kappa shape index (κ1) is 19.3. The van der Waals surface area contributed by atoms with Crippen LogP contribution in [-0.2, 0) is 16.0 Å². The number of aromatic nitrogens is 1. The van der Waals surface area contributed by atoms with Gasteiger partial charge in [-0.3, -0.25) is 9.59 Å². The van der Waals surface area contributed by atoms with E-state index < -0.39 is 6.04 Å². The summed E-state index contributed by atoms with van der Waals surface area (Å²) in [6.45, 7) is 3.65. The van der Waals surface area contributed by atoms with Crippen LogP contribution in [0.15, 0.2) is 30.5 Å². The van der Waals surface area contributed by atoms with Gasteiger partial charge in [0.15, 0.2) is 0 Å². The highest BCUT2D eigenvalue weighted by Crippen LogP contribution is 2.20. The number of aromatic amines is 1. The van der Waals surface area contributed by atoms with Crippen molar-refractivity contribution in [1.29, 1.82) is 0 Å². The first-order valence-electron chi connectivity index (χ1n) is 8.38. The largest absolute Gasteiger partial charge is 0.361 e. The summed E-state index contributed by atoms with van der Waals surface area (Å²) in [6, 6.07) is 7.38. The maximum Gasteiger partial charge on any atom is 0.242 e. The molecule has 1 aliphatic rings.